The number of hydrogen-bond donors (Lipinski definition) is 3. The van der Waals surface area contributed by atoms with Crippen LogP contribution in [0.2, 0.25) is 0 Å². The van der Waals surface area contributed by atoms with E-state index in [1.807, 2.05) is 0 Å². The number of primary amides is 1. The first kappa shape index (κ1) is 10.9. The molecule has 0 aliphatic carbocycles. The van der Waals surface area contributed by atoms with Crippen LogP contribution in [0, 0.1) is 0 Å². The zero-order valence-electron chi connectivity index (χ0n) is 8.69. The third-order valence-electron chi connectivity index (χ3n) is 2.36. The molecule has 0 saturated carbocycles. The highest BCUT2D eigenvalue weighted by Crippen LogP contribution is 2.18. The first-order valence-electron chi connectivity index (χ1n) is 4.76. The highest BCUT2D eigenvalue weighted by Gasteiger charge is 2.17. The minimum Gasteiger partial charge on any atom is -0.394 e. The van der Waals surface area contributed by atoms with Crippen LogP contribution in [0.15, 0.2) is 33.9 Å². The number of amides is 1. The molecule has 0 fully saturated rings. The zero-order chi connectivity index (χ0) is 12.6. The van der Waals surface area contributed by atoms with E-state index < -0.39 is 16.8 Å². The highest BCUT2D eigenvalue weighted by molar-refractivity contribution is 5.94. The second-order valence-corrected chi connectivity index (χ2v) is 3.52. The van der Waals surface area contributed by atoms with Gasteiger partial charge in [-0.25, -0.2) is 0 Å². The summed E-state index contributed by atoms with van der Waals surface area (Å²) in [5, 5.41) is 2.68. The van der Waals surface area contributed by atoms with Crippen LogP contribution < -0.4 is 27.6 Å². The van der Waals surface area contributed by atoms with Gasteiger partial charge in [-0.15, -0.1) is 0 Å². The van der Waals surface area contributed by atoms with E-state index in [0.717, 1.165) is 0 Å². The summed E-state index contributed by atoms with van der Waals surface area (Å²) in [5.74, 6) is -0.577. The van der Waals surface area contributed by atoms with E-state index in [-0.39, 0.29) is 11.4 Å². The third-order valence-corrected chi connectivity index (χ3v) is 2.36. The lowest BCUT2D eigenvalue weighted by Crippen LogP contribution is -2.36. The average molecular weight is 231 g/mol. The molecule has 0 aliphatic heterocycles. The summed E-state index contributed by atoms with van der Waals surface area (Å²) in [6, 6.07) is 6.24. The monoisotopic (exact) mass is 231 g/mol. The maximum Gasteiger partial charge on any atom is 0.253 e. The van der Waals surface area contributed by atoms with Crippen molar-refractivity contribution in [3.05, 3.63) is 50.3 Å². The Balaban J connectivity index is 2.32. The minimum absolute atomic E-state index is 0.0524. The lowest BCUT2D eigenvalue weighted by atomic mass is 10.1. The van der Waals surface area contributed by atoms with Crippen molar-refractivity contribution in [2.45, 2.75) is 0 Å². The van der Waals surface area contributed by atoms with Crippen LogP contribution in [0.5, 0.6) is 0 Å². The predicted molar refractivity (Wildman–Crippen MR) is 64.0 cm³/mol. The fraction of sp³-hybridized carbons (Fsp3) is 0. The van der Waals surface area contributed by atoms with Gasteiger partial charge in [-0.3, -0.25) is 14.4 Å². The van der Waals surface area contributed by atoms with E-state index in [1.54, 1.807) is 18.2 Å². The molecular weight excluding hydrogens is 222 g/mol. The molecule has 2 rings (SSSR count). The molecular formula is C11H9N3O3. The van der Waals surface area contributed by atoms with Crippen LogP contribution in [0.3, 0.4) is 0 Å². The summed E-state index contributed by atoms with van der Waals surface area (Å²) in [5.41, 5.74) is 9.84. The molecule has 0 spiro atoms. The summed E-state index contributed by atoms with van der Waals surface area (Å²) in [4.78, 5) is 33.0. The maximum absolute atomic E-state index is 11.2. The van der Waals surface area contributed by atoms with E-state index in [1.165, 1.54) is 6.07 Å². The first-order chi connectivity index (χ1) is 8.00. The van der Waals surface area contributed by atoms with Gasteiger partial charge in [0, 0.05) is 11.3 Å². The van der Waals surface area contributed by atoms with Gasteiger partial charge >= 0.3 is 0 Å². The lowest BCUT2D eigenvalue weighted by Gasteiger charge is -2.10. The molecule has 0 aromatic heterocycles. The number of nitrogens with two attached hydrogens (primary N) is 2. The Morgan fingerprint density at radius 3 is 2.47 bits per heavy atom. The summed E-state index contributed by atoms with van der Waals surface area (Å²) in [6.45, 7) is 0. The van der Waals surface area contributed by atoms with Gasteiger partial charge in [-0.1, -0.05) is 6.07 Å². The van der Waals surface area contributed by atoms with Crippen molar-refractivity contribution in [2.24, 2.45) is 5.73 Å². The van der Waals surface area contributed by atoms with E-state index in [0.29, 0.717) is 11.3 Å². The number of carbonyl (C=O) groups is 1. The van der Waals surface area contributed by atoms with Gasteiger partial charge in [0.05, 0.1) is 0 Å². The number of hydrogen-bond acceptors (Lipinski definition) is 5. The smallest absolute Gasteiger partial charge is 0.253 e. The number of rotatable bonds is 3. The van der Waals surface area contributed by atoms with Gasteiger partial charge in [-0.05, 0) is 18.2 Å². The van der Waals surface area contributed by atoms with Gasteiger partial charge in [0.15, 0.2) is 0 Å². The van der Waals surface area contributed by atoms with Crippen molar-refractivity contribution in [3.8, 4) is 0 Å². The number of nitrogen functional groups attached to an aromatic ring is 1. The second kappa shape index (κ2) is 3.75. The molecule has 0 atom stereocenters. The summed E-state index contributed by atoms with van der Waals surface area (Å²) >= 11 is 0. The van der Waals surface area contributed by atoms with Crippen molar-refractivity contribution in [1.82, 2.24) is 0 Å². The first-order valence-corrected chi connectivity index (χ1v) is 4.76. The SMILES string of the molecule is NC(=O)c1cccc(Nc2c(N)c(=O)c2=O)c1. The van der Waals surface area contributed by atoms with E-state index in [4.69, 9.17) is 11.5 Å². The maximum atomic E-state index is 11.2. The molecule has 86 valence electrons. The number of benzene rings is 1. The molecule has 0 unspecified atom stereocenters. The van der Waals surface area contributed by atoms with Gasteiger partial charge in [0.25, 0.3) is 10.9 Å². The molecule has 0 bridgehead atoms. The topological polar surface area (TPSA) is 115 Å². The molecule has 0 heterocycles. The zero-order valence-corrected chi connectivity index (χ0v) is 8.69. The molecule has 0 saturated heterocycles. The van der Waals surface area contributed by atoms with Crippen molar-refractivity contribution in [2.75, 3.05) is 11.1 Å². The Hall–Kier alpha value is -2.63. The molecule has 1 amide bonds. The summed E-state index contributed by atoms with van der Waals surface area (Å²) < 4.78 is 0. The fourth-order valence-corrected chi connectivity index (χ4v) is 1.43. The van der Waals surface area contributed by atoms with Crippen LogP contribution in [0.4, 0.5) is 17.1 Å². The van der Waals surface area contributed by atoms with Crippen LogP contribution in [0.25, 0.3) is 0 Å². The Bertz CT molecular complexity index is 669. The molecule has 6 heteroatoms. The van der Waals surface area contributed by atoms with Crippen LogP contribution in [0.1, 0.15) is 10.4 Å². The highest BCUT2D eigenvalue weighted by atomic mass is 16.2. The Morgan fingerprint density at radius 2 is 1.88 bits per heavy atom. The van der Waals surface area contributed by atoms with Crippen molar-refractivity contribution < 1.29 is 4.79 Å². The summed E-state index contributed by atoms with van der Waals surface area (Å²) in [7, 11) is 0. The molecule has 2 aromatic carbocycles. The second-order valence-electron chi connectivity index (χ2n) is 3.52. The fourth-order valence-electron chi connectivity index (χ4n) is 1.43. The summed E-state index contributed by atoms with van der Waals surface area (Å²) in [6.07, 6.45) is 0. The Morgan fingerprint density at radius 1 is 1.18 bits per heavy atom. The third kappa shape index (κ3) is 1.76. The van der Waals surface area contributed by atoms with Gasteiger partial charge < -0.3 is 16.8 Å². The number of anilines is 3. The number of carbonyl (C=O) groups excluding carboxylic acids is 1. The van der Waals surface area contributed by atoms with Crippen molar-refractivity contribution >= 4 is 23.0 Å². The average Bonchev–Trinajstić information content (AvgIpc) is 2.35. The molecule has 2 aromatic rings. The number of nitrogens with one attached hydrogen (secondary N) is 1. The van der Waals surface area contributed by atoms with Gasteiger partial charge in [0.2, 0.25) is 5.91 Å². The predicted octanol–water partition coefficient (Wildman–Crippen LogP) is -0.293. The molecule has 17 heavy (non-hydrogen) atoms. The van der Waals surface area contributed by atoms with E-state index >= 15 is 0 Å². The van der Waals surface area contributed by atoms with Crippen LogP contribution in [-0.4, -0.2) is 5.91 Å². The van der Waals surface area contributed by atoms with E-state index in [2.05, 4.69) is 5.32 Å². The molecule has 6 nitrogen and oxygen atoms in total. The normalized spacial score (nSPS) is 10.4. The molecule has 0 aliphatic rings. The van der Waals surface area contributed by atoms with Crippen LogP contribution in [-0.2, 0) is 0 Å². The lowest BCUT2D eigenvalue weighted by molar-refractivity contribution is 0.100. The molecule has 5 N–H and O–H groups in total. The van der Waals surface area contributed by atoms with Crippen molar-refractivity contribution in [1.29, 1.82) is 0 Å². The largest absolute Gasteiger partial charge is 0.394 e. The van der Waals surface area contributed by atoms with Crippen LogP contribution >= 0.6 is 0 Å². The minimum atomic E-state index is -0.696. The van der Waals surface area contributed by atoms with Gasteiger partial charge in [-0.2, -0.15) is 0 Å². The Labute approximate surface area is 95.5 Å². The molecule has 0 radical (unpaired) electrons. The van der Waals surface area contributed by atoms with Gasteiger partial charge in [0.1, 0.15) is 11.4 Å². The quantitative estimate of drug-likeness (QED) is 0.627. The Kier molecular flexibility index (Phi) is 2.40. The van der Waals surface area contributed by atoms with Crippen molar-refractivity contribution in [3.63, 3.8) is 0 Å². The standard InChI is InChI=1S/C11H9N3O3/c12-7-8(10(16)9(7)15)14-6-3-1-2-5(4-6)11(13)17/h1-4,14H,12H2,(H2,13,17). The van der Waals surface area contributed by atoms with E-state index in [9.17, 15) is 14.4 Å².